The Labute approximate surface area is 148 Å². The van der Waals surface area contributed by atoms with Gasteiger partial charge in [0.1, 0.15) is 6.04 Å². The van der Waals surface area contributed by atoms with E-state index in [2.05, 4.69) is 10.6 Å². The van der Waals surface area contributed by atoms with E-state index in [4.69, 9.17) is 5.73 Å². The van der Waals surface area contributed by atoms with E-state index in [-0.39, 0.29) is 11.9 Å². The van der Waals surface area contributed by atoms with Crippen molar-refractivity contribution in [1.29, 1.82) is 0 Å². The van der Waals surface area contributed by atoms with E-state index in [1.165, 1.54) is 0 Å². The van der Waals surface area contributed by atoms with Crippen LogP contribution in [0.25, 0.3) is 0 Å². The first kappa shape index (κ1) is 18.7. The van der Waals surface area contributed by atoms with Crippen LogP contribution in [0.2, 0.25) is 0 Å². The van der Waals surface area contributed by atoms with Crippen molar-refractivity contribution >= 4 is 11.8 Å². The lowest BCUT2D eigenvalue weighted by atomic mass is 10.1. The molecule has 0 aliphatic heterocycles. The first-order chi connectivity index (χ1) is 12.0. The van der Waals surface area contributed by atoms with Gasteiger partial charge in [-0.25, -0.2) is 0 Å². The number of hydrogen-bond acceptors (Lipinski definition) is 3. The number of nitrogens with one attached hydrogen (secondary N) is 2. The minimum absolute atomic E-state index is 0.0758. The first-order valence-corrected chi connectivity index (χ1v) is 8.48. The number of benzene rings is 2. The van der Waals surface area contributed by atoms with Crippen molar-refractivity contribution in [1.82, 2.24) is 10.6 Å². The van der Waals surface area contributed by atoms with Crippen LogP contribution in [0.15, 0.2) is 54.6 Å². The molecule has 25 heavy (non-hydrogen) atoms. The highest BCUT2D eigenvalue weighted by molar-refractivity contribution is 5.94. The summed E-state index contributed by atoms with van der Waals surface area (Å²) in [4.78, 5) is 23.8. The molecule has 0 heterocycles. The maximum Gasteiger partial charge on any atom is 0.251 e. The van der Waals surface area contributed by atoms with Crippen molar-refractivity contribution < 1.29 is 9.59 Å². The predicted octanol–water partition coefficient (Wildman–Crippen LogP) is 2.53. The average Bonchev–Trinajstić information content (AvgIpc) is 2.62. The highest BCUT2D eigenvalue weighted by Gasteiger charge is 2.16. The second-order valence-corrected chi connectivity index (χ2v) is 6.11. The zero-order valence-corrected chi connectivity index (χ0v) is 14.7. The summed E-state index contributed by atoms with van der Waals surface area (Å²) in [6.07, 6.45) is 0.891. The monoisotopic (exact) mass is 339 g/mol. The minimum atomic E-state index is -0.547. The van der Waals surface area contributed by atoms with Gasteiger partial charge in [0.25, 0.3) is 5.91 Å². The molecule has 0 bridgehead atoms. The van der Waals surface area contributed by atoms with E-state index in [0.29, 0.717) is 12.1 Å². The number of carbonyl (C=O) groups is 2. The van der Waals surface area contributed by atoms with Gasteiger partial charge < -0.3 is 11.1 Å². The van der Waals surface area contributed by atoms with E-state index in [1.54, 1.807) is 12.1 Å². The molecule has 0 spiro atoms. The highest BCUT2D eigenvalue weighted by atomic mass is 16.2. The summed E-state index contributed by atoms with van der Waals surface area (Å²) in [6, 6.07) is 16.3. The van der Waals surface area contributed by atoms with Gasteiger partial charge in [-0.15, -0.1) is 0 Å². The topological polar surface area (TPSA) is 84.2 Å². The molecule has 4 N–H and O–H groups in total. The van der Waals surface area contributed by atoms with Gasteiger partial charge in [-0.05, 0) is 36.6 Å². The number of carbonyl (C=O) groups excluding carboxylic acids is 2. The van der Waals surface area contributed by atoms with Crippen LogP contribution in [-0.2, 0) is 11.3 Å². The summed E-state index contributed by atoms with van der Waals surface area (Å²) in [7, 11) is 0. The second kappa shape index (κ2) is 8.99. The average molecular weight is 339 g/mol. The Kier molecular flexibility index (Phi) is 6.71. The third-order valence-electron chi connectivity index (χ3n) is 4.13. The molecular formula is C20H25N3O2. The van der Waals surface area contributed by atoms with E-state index in [9.17, 15) is 9.59 Å². The first-order valence-electron chi connectivity index (χ1n) is 8.48. The molecule has 5 heteroatoms. The van der Waals surface area contributed by atoms with Crippen LogP contribution in [0.3, 0.4) is 0 Å². The molecule has 2 atom stereocenters. The third kappa shape index (κ3) is 5.43. The molecule has 0 unspecified atom stereocenters. The van der Waals surface area contributed by atoms with Crippen LogP contribution in [0, 0.1) is 0 Å². The van der Waals surface area contributed by atoms with Crippen molar-refractivity contribution in [3.8, 4) is 0 Å². The summed E-state index contributed by atoms with van der Waals surface area (Å²) in [6.45, 7) is 4.49. The largest absolute Gasteiger partial charge is 0.368 e. The van der Waals surface area contributed by atoms with Gasteiger partial charge in [0.2, 0.25) is 5.91 Å². The fourth-order valence-corrected chi connectivity index (χ4v) is 2.43. The molecular weight excluding hydrogens is 314 g/mol. The molecule has 5 nitrogen and oxygen atoms in total. The molecule has 0 saturated heterocycles. The standard InChI is InChI=1S/C20H25N3O2/c1-3-14(2)23-20(25)17-11-9-15(10-12-17)13-22-18(19(21)24)16-7-5-4-6-8-16/h4-12,14,18,22H,3,13H2,1-2H3,(H2,21,24)(H,23,25)/t14-,18-/m1/s1. The number of primary amides is 1. The summed E-state index contributed by atoms with van der Waals surface area (Å²) in [5, 5.41) is 6.10. The Balaban J connectivity index is 1.98. The van der Waals surface area contributed by atoms with Gasteiger partial charge in [-0.2, -0.15) is 0 Å². The lowest BCUT2D eigenvalue weighted by Crippen LogP contribution is -2.33. The Morgan fingerprint density at radius 1 is 1.04 bits per heavy atom. The van der Waals surface area contributed by atoms with Crippen LogP contribution >= 0.6 is 0 Å². The normalized spacial score (nSPS) is 13.0. The molecule has 132 valence electrons. The Morgan fingerprint density at radius 2 is 1.68 bits per heavy atom. The molecule has 2 aromatic carbocycles. The van der Waals surface area contributed by atoms with Crippen LogP contribution in [0.4, 0.5) is 0 Å². The quantitative estimate of drug-likeness (QED) is 0.691. The van der Waals surface area contributed by atoms with Crippen LogP contribution in [0.5, 0.6) is 0 Å². The lowest BCUT2D eigenvalue weighted by Gasteiger charge is -2.16. The fraction of sp³-hybridized carbons (Fsp3) is 0.300. The smallest absolute Gasteiger partial charge is 0.251 e. The van der Waals surface area contributed by atoms with Gasteiger partial charge in [-0.1, -0.05) is 49.4 Å². The highest BCUT2D eigenvalue weighted by Crippen LogP contribution is 2.13. The molecule has 0 fully saturated rings. The predicted molar refractivity (Wildman–Crippen MR) is 98.9 cm³/mol. The van der Waals surface area contributed by atoms with Gasteiger partial charge in [0.05, 0.1) is 0 Å². The Bertz CT molecular complexity index is 699. The lowest BCUT2D eigenvalue weighted by molar-refractivity contribution is -0.120. The SMILES string of the molecule is CC[C@@H](C)NC(=O)c1ccc(CN[C@@H](C(N)=O)c2ccccc2)cc1. The molecule has 0 aromatic heterocycles. The van der Waals surface area contributed by atoms with E-state index < -0.39 is 11.9 Å². The Hall–Kier alpha value is -2.66. The Morgan fingerprint density at radius 3 is 2.24 bits per heavy atom. The second-order valence-electron chi connectivity index (χ2n) is 6.11. The van der Waals surface area contributed by atoms with E-state index in [1.807, 2.05) is 56.3 Å². The molecule has 0 aliphatic carbocycles. The van der Waals surface area contributed by atoms with Crippen molar-refractivity contribution in [3.63, 3.8) is 0 Å². The summed E-state index contributed by atoms with van der Waals surface area (Å²) in [5.74, 6) is -0.496. The minimum Gasteiger partial charge on any atom is -0.368 e. The van der Waals surface area contributed by atoms with Crippen molar-refractivity contribution in [2.24, 2.45) is 5.73 Å². The fourth-order valence-electron chi connectivity index (χ4n) is 2.43. The third-order valence-corrected chi connectivity index (χ3v) is 4.13. The number of nitrogens with two attached hydrogens (primary N) is 1. The number of amides is 2. The maximum atomic E-state index is 12.1. The number of hydrogen-bond donors (Lipinski definition) is 3. The van der Waals surface area contributed by atoms with E-state index in [0.717, 1.165) is 17.5 Å². The van der Waals surface area contributed by atoms with Crippen molar-refractivity contribution in [2.75, 3.05) is 0 Å². The molecule has 2 amide bonds. The molecule has 2 aromatic rings. The van der Waals surface area contributed by atoms with Crippen LogP contribution in [0.1, 0.15) is 47.8 Å². The van der Waals surface area contributed by atoms with Gasteiger partial charge in [0.15, 0.2) is 0 Å². The maximum absolute atomic E-state index is 12.1. The summed E-state index contributed by atoms with van der Waals surface area (Å²) < 4.78 is 0. The molecule has 0 radical (unpaired) electrons. The van der Waals surface area contributed by atoms with Gasteiger partial charge >= 0.3 is 0 Å². The molecule has 0 aliphatic rings. The summed E-state index contributed by atoms with van der Waals surface area (Å²) >= 11 is 0. The van der Waals surface area contributed by atoms with E-state index >= 15 is 0 Å². The zero-order valence-electron chi connectivity index (χ0n) is 14.7. The number of rotatable bonds is 8. The summed E-state index contributed by atoms with van der Waals surface area (Å²) in [5.41, 5.74) is 7.93. The van der Waals surface area contributed by atoms with Crippen LogP contribution < -0.4 is 16.4 Å². The van der Waals surface area contributed by atoms with Crippen molar-refractivity contribution in [3.05, 3.63) is 71.3 Å². The van der Waals surface area contributed by atoms with Crippen LogP contribution in [-0.4, -0.2) is 17.9 Å². The van der Waals surface area contributed by atoms with Gasteiger partial charge in [0, 0.05) is 18.2 Å². The molecule has 2 rings (SSSR count). The van der Waals surface area contributed by atoms with Gasteiger partial charge in [-0.3, -0.25) is 14.9 Å². The molecule has 0 saturated carbocycles. The van der Waals surface area contributed by atoms with Crippen molar-refractivity contribution in [2.45, 2.75) is 38.9 Å². The zero-order chi connectivity index (χ0) is 18.2.